The van der Waals surface area contributed by atoms with Crippen molar-refractivity contribution in [1.82, 2.24) is 5.32 Å². The molecule has 0 bridgehead atoms. The Morgan fingerprint density at radius 2 is 2.25 bits per heavy atom. The zero-order chi connectivity index (χ0) is 11.6. The Bertz CT molecular complexity index is 266. The number of hydrogen-bond acceptors (Lipinski definition) is 2. The molecule has 0 radical (unpaired) electrons. The predicted molar refractivity (Wildman–Crippen MR) is 63.6 cm³/mol. The molecule has 3 nitrogen and oxygen atoms in total. The summed E-state index contributed by atoms with van der Waals surface area (Å²) in [4.78, 5) is 11.8. The third-order valence-corrected chi connectivity index (χ3v) is 3.93. The number of rotatable bonds is 5. The first-order chi connectivity index (χ1) is 7.65. The van der Waals surface area contributed by atoms with Crippen LogP contribution in [0.4, 0.5) is 0 Å². The number of hydrogen-bond donors (Lipinski definition) is 1. The fourth-order valence-electron chi connectivity index (χ4n) is 2.28. The summed E-state index contributed by atoms with van der Waals surface area (Å²) in [7, 11) is 0. The van der Waals surface area contributed by atoms with Crippen LogP contribution in [0.5, 0.6) is 0 Å². The Hall–Kier alpha value is -0.280. The molecule has 2 unspecified atom stereocenters. The monoisotopic (exact) mass is 245 g/mol. The number of ether oxygens (including phenoxy) is 1. The van der Waals surface area contributed by atoms with Crippen molar-refractivity contribution in [3.63, 3.8) is 0 Å². The van der Waals surface area contributed by atoms with Crippen LogP contribution in [-0.4, -0.2) is 30.5 Å². The summed E-state index contributed by atoms with van der Waals surface area (Å²) in [5.41, 5.74) is 0.307. The Morgan fingerprint density at radius 1 is 1.50 bits per heavy atom. The van der Waals surface area contributed by atoms with Gasteiger partial charge in [-0.25, -0.2) is 0 Å². The van der Waals surface area contributed by atoms with E-state index in [0.29, 0.717) is 11.3 Å². The normalized spacial score (nSPS) is 31.4. The SMILES string of the molecule is CC1CCC(C(=O)NCC2(CCCl)CC2)O1. The molecular weight excluding hydrogens is 226 g/mol. The number of carbonyl (C=O) groups is 1. The molecular formula is C12H20ClNO2. The first-order valence-corrected chi connectivity index (χ1v) is 6.68. The molecule has 92 valence electrons. The minimum atomic E-state index is -0.221. The van der Waals surface area contributed by atoms with Crippen LogP contribution in [0.15, 0.2) is 0 Å². The fraction of sp³-hybridized carbons (Fsp3) is 0.917. The maximum absolute atomic E-state index is 11.8. The molecule has 0 aromatic heterocycles. The molecule has 1 aliphatic carbocycles. The van der Waals surface area contributed by atoms with Crippen molar-refractivity contribution in [2.45, 2.75) is 51.2 Å². The van der Waals surface area contributed by atoms with E-state index in [-0.39, 0.29) is 18.1 Å². The van der Waals surface area contributed by atoms with E-state index >= 15 is 0 Å². The summed E-state index contributed by atoms with van der Waals surface area (Å²) in [5.74, 6) is 0.748. The summed E-state index contributed by atoms with van der Waals surface area (Å²) in [6.45, 7) is 2.79. The Morgan fingerprint density at radius 3 is 2.75 bits per heavy atom. The summed E-state index contributed by atoms with van der Waals surface area (Å²) in [5, 5.41) is 3.01. The Balaban J connectivity index is 1.72. The van der Waals surface area contributed by atoms with Crippen molar-refractivity contribution in [1.29, 1.82) is 0 Å². The van der Waals surface area contributed by atoms with Crippen LogP contribution in [0, 0.1) is 5.41 Å². The molecule has 1 aliphatic heterocycles. The minimum absolute atomic E-state index is 0.0604. The van der Waals surface area contributed by atoms with Gasteiger partial charge >= 0.3 is 0 Å². The molecule has 4 heteroatoms. The summed E-state index contributed by atoms with van der Waals surface area (Å²) in [6, 6.07) is 0. The lowest BCUT2D eigenvalue weighted by Crippen LogP contribution is -2.38. The van der Waals surface area contributed by atoms with E-state index in [1.54, 1.807) is 0 Å². The zero-order valence-corrected chi connectivity index (χ0v) is 10.6. The maximum atomic E-state index is 11.8. The van der Waals surface area contributed by atoms with Gasteiger partial charge in [0.25, 0.3) is 0 Å². The second kappa shape index (κ2) is 4.92. The van der Waals surface area contributed by atoms with E-state index in [1.807, 2.05) is 6.92 Å². The smallest absolute Gasteiger partial charge is 0.249 e. The van der Waals surface area contributed by atoms with E-state index in [0.717, 1.165) is 25.8 Å². The maximum Gasteiger partial charge on any atom is 0.249 e. The van der Waals surface area contributed by atoms with Crippen LogP contribution in [0.1, 0.15) is 39.0 Å². The van der Waals surface area contributed by atoms with E-state index in [1.165, 1.54) is 12.8 Å². The molecule has 1 heterocycles. The Labute approximate surface area is 102 Å². The first kappa shape index (κ1) is 12.2. The topological polar surface area (TPSA) is 38.3 Å². The number of nitrogens with one attached hydrogen (secondary N) is 1. The standard InChI is InChI=1S/C12H20ClNO2/c1-9-2-3-10(16-9)11(15)14-8-12(4-5-12)6-7-13/h9-10H,2-8H2,1H3,(H,14,15). The van der Waals surface area contributed by atoms with Gasteiger partial charge in [-0.15, -0.1) is 11.6 Å². The van der Waals surface area contributed by atoms with Crippen molar-refractivity contribution < 1.29 is 9.53 Å². The summed E-state index contributed by atoms with van der Waals surface area (Å²) < 4.78 is 5.53. The second-order valence-electron chi connectivity index (χ2n) is 5.17. The molecule has 0 aromatic rings. The molecule has 1 saturated heterocycles. The molecule has 2 atom stereocenters. The van der Waals surface area contributed by atoms with Gasteiger partial charge < -0.3 is 10.1 Å². The molecule has 2 rings (SSSR count). The van der Waals surface area contributed by atoms with Crippen molar-refractivity contribution >= 4 is 17.5 Å². The van der Waals surface area contributed by atoms with Gasteiger partial charge in [0.2, 0.25) is 5.91 Å². The minimum Gasteiger partial charge on any atom is -0.365 e. The van der Waals surface area contributed by atoms with Gasteiger partial charge in [0.1, 0.15) is 6.10 Å². The van der Waals surface area contributed by atoms with E-state index in [2.05, 4.69) is 5.32 Å². The number of alkyl halides is 1. The molecule has 0 aromatic carbocycles. The van der Waals surface area contributed by atoms with Gasteiger partial charge in [0.15, 0.2) is 0 Å². The van der Waals surface area contributed by atoms with Crippen LogP contribution in [0.3, 0.4) is 0 Å². The average molecular weight is 246 g/mol. The van der Waals surface area contributed by atoms with Crippen LogP contribution >= 0.6 is 11.6 Å². The van der Waals surface area contributed by atoms with E-state index < -0.39 is 0 Å². The summed E-state index contributed by atoms with van der Waals surface area (Å²) >= 11 is 5.75. The van der Waals surface area contributed by atoms with Gasteiger partial charge in [-0.05, 0) is 44.4 Å². The van der Waals surface area contributed by atoms with Gasteiger partial charge in [-0.2, -0.15) is 0 Å². The molecule has 2 fully saturated rings. The predicted octanol–water partition coefficient (Wildman–Crippen LogP) is 2.08. The lowest BCUT2D eigenvalue weighted by atomic mass is 10.0. The number of halogens is 1. The lowest BCUT2D eigenvalue weighted by molar-refractivity contribution is -0.131. The second-order valence-corrected chi connectivity index (χ2v) is 5.55. The van der Waals surface area contributed by atoms with E-state index in [9.17, 15) is 4.79 Å². The zero-order valence-electron chi connectivity index (χ0n) is 9.80. The molecule has 1 amide bonds. The highest BCUT2D eigenvalue weighted by atomic mass is 35.5. The van der Waals surface area contributed by atoms with Crippen molar-refractivity contribution in [2.75, 3.05) is 12.4 Å². The Kier molecular flexibility index (Phi) is 3.75. The van der Waals surface area contributed by atoms with E-state index in [4.69, 9.17) is 16.3 Å². The van der Waals surface area contributed by atoms with Gasteiger partial charge in [-0.1, -0.05) is 0 Å². The quantitative estimate of drug-likeness (QED) is 0.754. The van der Waals surface area contributed by atoms with Crippen LogP contribution < -0.4 is 5.32 Å². The van der Waals surface area contributed by atoms with Crippen molar-refractivity contribution in [3.8, 4) is 0 Å². The van der Waals surface area contributed by atoms with Crippen LogP contribution in [-0.2, 0) is 9.53 Å². The number of carbonyl (C=O) groups excluding carboxylic acids is 1. The average Bonchev–Trinajstić information content (AvgIpc) is 2.89. The molecule has 2 aliphatic rings. The summed E-state index contributed by atoms with van der Waals surface area (Å²) in [6.07, 6.45) is 5.26. The first-order valence-electron chi connectivity index (χ1n) is 6.14. The third kappa shape index (κ3) is 2.89. The van der Waals surface area contributed by atoms with Crippen molar-refractivity contribution in [3.05, 3.63) is 0 Å². The highest BCUT2D eigenvalue weighted by Crippen LogP contribution is 2.48. The van der Waals surface area contributed by atoms with Crippen molar-refractivity contribution in [2.24, 2.45) is 5.41 Å². The lowest BCUT2D eigenvalue weighted by Gasteiger charge is -2.17. The number of amides is 1. The van der Waals surface area contributed by atoms with Gasteiger partial charge in [0, 0.05) is 12.4 Å². The van der Waals surface area contributed by atoms with Crippen LogP contribution in [0.2, 0.25) is 0 Å². The van der Waals surface area contributed by atoms with Crippen LogP contribution in [0.25, 0.3) is 0 Å². The van der Waals surface area contributed by atoms with Gasteiger partial charge in [0.05, 0.1) is 6.10 Å². The molecule has 0 spiro atoms. The largest absolute Gasteiger partial charge is 0.365 e. The highest BCUT2D eigenvalue weighted by Gasteiger charge is 2.42. The fourth-order valence-corrected chi connectivity index (χ4v) is 2.68. The molecule has 1 N–H and O–H groups in total. The third-order valence-electron chi connectivity index (χ3n) is 3.74. The molecule has 16 heavy (non-hydrogen) atoms. The van der Waals surface area contributed by atoms with Gasteiger partial charge in [-0.3, -0.25) is 4.79 Å². The molecule has 1 saturated carbocycles. The highest BCUT2D eigenvalue weighted by molar-refractivity contribution is 6.17.